The van der Waals surface area contributed by atoms with Gasteiger partial charge in [0.15, 0.2) is 0 Å². The van der Waals surface area contributed by atoms with Crippen molar-refractivity contribution in [3.8, 4) is 0 Å². The van der Waals surface area contributed by atoms with Crippen LogP contribution in [0.3, 0.4) is 0 Å². The highest BCUT2D eigenvalue weighted by Crippen LogP contribution is 2.57. The molecule has 1 nitrogen and oxygen atoms in total. The van der Waals surface area contributed by atoms with Gasteiger partial charge in [0.25, 0.3) is 5.60 Å². The first-order valence-electron chi connectivity index (χ1n) is 10.1. The summed E-state index contributed by atoms with van der Waals surface area (Å²) in [6.45, 7) is 3.35. The van der Waals surface area contributed by atoms with Crippen molar-refractivity contribution in [1.29, 1.82) is 0 Å². The average Bonchev–Trinajstić information content (AvgIpc) is 2.68. The maximum atomic E-state index is 14.4. The van der Waals surface area contributed by atoms with E-state index in [1.807, 2.05) is 0 Å². The van der Waals surface area contributed by atoms with E-state index in [1.165, 1.54) is 0 Å². The zero-order valence-electron chi connectivity index (χ0n) is 16.8. The van der Waals surface area contributed by atoms with Gasteiger partial charge in [-0.3, -0.25) is 0 Å². The fourth-order valence-electron chi connectivity index (χ4n) is 5.05. The second kappa shape index (κ2) is 9.13. The highest BCUT2D eigenvalue weighted by atomic mass is 19.4. The molecule has 2 aliphatic carbocycles. The molecule has 0 bridgehead atoms. The SMILES string of the molecule is C=C(CC(C(F)(F)C(F)=C(F)F)C(O)(C(F)(F)F)C(F)(F)F)C1CCC2CCCCC2C1. The predicted octanol–water partition coefficient (Wildman–Crippen LogP) is 7.72. The van der Waals surface area contributed by atoms with Crippen LogP contribution in [0.1, 0.15) is 51.4 Å². The summed E-state index contributed by atoms with van der Waals surface area (Å²) in [5.74, 6) is -14.4. The Morgan fingerprint density at radius 1 is 0.812 bits per heavy atom. The van der Waals surface area contributed by atoms with Crippen LogP contribution in [0.15, 0.2) is 24.1 Å². The molecule has 0 spiro atoms. The Labute approximate surface area is 177 Å². The van der Waals surface area contributed by atoms with Crippen molar-refractivity contribution < 1.29 is 53.4 Å². The summed E-state index contributed by atoms with van der Waals surface area (Å²) in [6.07, 6.45) is -14.5. The zero-order valence-corrected chi connectivity index (χ0v) is 16.8. The Morgan fingerprint density at radius 2 is 1.31 bits per heavy atom. The van der Waals surface area contributed by atoms with Gasteiger partial charge in [-0.05, 0) is 43.4 Å². The van der Waals surface area contributed by atoms with Crippen LogP contribution in [0.4, 0.5) is 48.3 Å². The molecule has 0 aromatic carbocycles. The van der Waals surface area contributed by atoms with E-state index in [2.05, 4.69) is 6.58 Å². The Hall–Kier alpha value is -1.33. The largest absolute Gasteiger partial charge is 0.426 e. The minimum absolute atomic E-state index is 0.0854. The molecule has 2 aliphatic rings. The van der Waals surface area contributed by atoms with Crippen LogP contribution in [0.25, 0.3) is 0 Å². The van der Waals surface area contributed by atoms with Gasteiger partial charge in [0.2, 0.25) is 5.83 Å². The van der Waals surface area contributed by atoms with E-state index in [9.17, 15) is 53.4 Å². The molecule has 2 fully saturated rings. The van der Waals surface area contributed by atoms with E-state index in [0.717, 1.165) is 25.7 Å². The number of rotatable bonds is 6. The van der Waals surface area contributed by atoms with E-state index < -0.39 is 59.6 Å². The molecule has 2 rings (SSSR count). The molecule has 0 radical (unpaired) electrons. The molecule has 0 saturated heterocycles. The molecule has 2 saturated carbocycles. The van der Waals surface area contributed by atoms with Crippen molar-refractivity contribution >= 4 is 0 Å². The van der Waals surface area contributed by atoms with Crippen LogP contribution >= 0.6 is 0 Å². The fraction of sp³-hybridized carbons (Fsp3) is 0.800. The van der Waals surface area contributed by atoms with Gasteiger partial charge in [-0.25, -0.2) is 0 Å². The molecule has 4 atom stereocenters. The first-order valence-corrected chi connectivity index (χ1v) is 10.1. The molecule has 1 N–H and O–H groups in total. The first kappa shape index (κ1) is 26.9. The first-order chi connectivity index (χ1) is 14.4. The lowest BCUT2D eigenvalue weighted by Crippen LogP contribution is -2.65. The smallest absolute Gasteiger partial charge is 0.373 e. The highest BCUT2D eigenvalue weighted by Gasteiger charge is 2.78. The van der Waals surface area contributed by atoms with Crippen molar-refractivity contribution in [2.24, 2.45) is 23.7 Å². The highest BCUT2D eigenvalue weighted by molar-refractivity contribution is 5.19. The normalized spacial score (nSPS) is 26.3. The van der Waals surface area contributed by atoms with Gasteiger partial charge >= 0.3 is 24.4 Å². The van der Waals surface area contributed by atoms with Crippen LogP contribution in [0.5, 0.6) is 0 Å². The fourth-order valence-corrected chi connectivity index (χ4v) is 5.05. The van der Waals surface area contributed by atoms with Gasteiger partial charge in [-0.15, -0.1) is 0 Å². The second-order valence-corrected chi connectivity index (χ2v) is 8.69. The summed E-state index contributed by atoms with van der Waals surface area (Å²) >= 11 is 0. The van der Waals surface area contributed by atoms with E-state index in [0.29, 0.717) is 12.3 Å². The van der Waals surface area contributed by atoms with Crippen molar-refractivity contribution in [1.82, 2.24) is 0 Å². The summed E-state index contributed by atoms with van der Waals surface area (Å²) in [6, 6.07) is 0. The Balaban J connectivity index is 2.45. The quantitative estimate of drug-likeness (QED) is 0.300. The molecule has 0 amide bonds. The van der Waals surface area contributed by atoms with Gasteiger partial charge in [-0.2, -0.15) is 48.3 Å². The number of halogens is 11. The number of hydrogen-bond acceptors (Lipinski definition) is 1. The number of hydrogen-bond donors (Lipinski definition) is 1. The minimum Gasteiger partial charge on any atom is -0.373 e. The molecule has 0 aromatic rings. The van der Waals surface area contributed by atoms with E-state index >= 15 is 0 Å². The predicted molar refractivity (Wildman–Crippen MR) is 92.4 cm³/mol. The Morgan fingerprint density at radius 3 is 1.78 bits per heavy atom. The Kier molecular flexibility index (Phi) is 7.68. The van der Waals surface area contributed by atoms with Gasteiger partial charge in [0.05, 0.1) is 5.92 Å². The molecular weight excluding hydrogens is 465 g/mol. The third kappa shape index (κ3) is 4.94. The monoisotopic (exact) mass is 488 g/mol. The zero-order chi connectivity index (χ0) is 24.7. The lowest BCUT2D eigenvalue weighted by atomic mass is 9.65. The summed E-state index contributed by atoms with van der Waals surface area (Å²) in [5.41, 5.74) is -6.64. The standard InChI is InChI=1S/C20H23F11O/c1-10(12-7-6-11-4-2-3-5-13(11)9-12)8-14(17(24,25)15(21)16(22)23)18(32,19(26,27)28)20(29,30)31/h11-14,32H,1-9H2. The van der Waals surface area contributed by atoms with E-state index in [1.54, 1.807) is 0 Å². The van der Waals surface area contributed by atoms with E-state index in [4.69, 9.17) is 0 Å². The average molecular weight is 488 g/mol. The molecule has 0 heterocycles. The molecule has 32 heavy (non-hydrogen) atoms. The number of alkyl halides is 8. The third-order valence-corrected chi connectivity index (χ3v) is 6.85. The second-order valence-electron chi connectivity index (χ2n) is 8.69. The molecule has 4 unspecified atom stereocenters. The van der Waals surface area contributed by atoms with Crippen molar-refractivity contribution in [3.63, 3.8) is 0 Å². The van der Waals surface area contributed by atoms with Gasteiger partial charge in [0.1, 0.15) is 0 Å². The van der Waals surface area contributed by atoms with Crippen molar-refractivity contribution in [3.05, 3.63) is 24.1 Å². The molecule has 0 aliphatic heterocycles. The minimum atomic E-state index is -6.76. The lowest BCUT2D eigenvalue weighted by molar-refractivity contribution is -0.399. The molecular formula is C20H23F11O. The molecule has 186 valence electrons. The van der Waals surface area contributed by atoms with Gasteiger partial charge in [0, 0.05) is 0 Å². The summed E-state index contributed by atoms with van der Waals surface area (Å²) < 4.78 is 147. The molecule has 0 aromatic heterocycles. The summed E-state index contributed by atoms with van der Waals surface area (Å²) in [7, 11) is 0. The van der Waals surface area contributed by atoms with E-state index in [-0.39, 0.29) is 18.8 Å². The van der Waals surface area contributed by atoms with Crippen LogP contribution in [-0.4, -0.2) is 29.0 Å². The molecule has 12 heteroatoms. The maximum absolute atomic E-state index is 14.4. The summed E-state index contributed by atoms with van der Waals surface area (Å²) in [4.78, 5) is 0. The number of aliphatic hydroxyl groups is 1. The third-order valence-electron chi connectivity index (χ3n) is 6.85. The topological polar surface area (TPSA) is 20.2 Å². The maximum Gasteiger partial charge on any atom is 0.426 e. The van der Waals surface area contributed by atoms with Gasteiger partial charge in [-0.1, -0.05) is 37.8 Å². The lowest BCUT2D eigenvalue weighted by Gasteiger charge is -2.44. The summed E-state index contributed by atoms with van der Waals surface area (Å²) in [5, 5.41) is 9.54. The van der Waals surface area contributed by atoms with Crippen LogP contribution in [0.2, 0.25) is 0 Å². The van der Waals surface area contributed by atoms with Crippen LogP contribution < -0.4 is 0 Å². The van der Waals surface area contributed by atoms with Crippen LogP contribution in [-0.2, 0) is 0 Å². The van der Waals surface area contributed by atoms with Crippen LogP contribution in [0, 0.1) is 23.7 Å². The van der Waals surface area contributed by atoms with Gasteiger partial charge < -0.3 is 5.11 Å². The number of allylic oxidation sites excluding steroid dienone is 2. The Bertz CT molecular complexity index is 704. The van der Waals surface area contributed by atoms with Crippen molar-refractivity contribution in [2.45, 2.75) is 75.2 Å². The van der Waals surface area contributed by atoms with Crippen molar-refractivity contribution in [2.75, 3.05) is 0 Å². The number of fused-ring (bicyclic) bond motifs is 1.